The summed E-state index contributed by atoms with van der Waals surface area (Å²) in [6.07, 6.45) is 2.16. The van der Waals surface area contributed by atoms with E-state index in [2.05, 4.69) is 43.3 Å². The molecule has 1 fully saturated rings. The number of nitrogens with one attached hydrogen (secondary N) is 2. The number of benzene rings is 1. The van der Waals surface area contributed by atoms with E-state index in [9.17, 15) is 14.4 Å². The summed E-state index contributed by atoms with van der Waals surface area (Å²) in [6.45, 7) is 12.9. The summed E-state index contributed by atoms with van der Waals surface area (Å²) in [5, 5.41) is 6.76. The van der Waals surface area contributed by atoms with Crippen LogP contribution in [-0.2, 0) is 22.5 Å². The molecule has 1 amide bonds. The lowest BCUT2D eigenvalue weighted by Gasteiger charge is -2.46. The fraction of sp³-hybridized carbons (Fsp3) is 0.600. The first-order chi connectivity index (χ1) is 15.4. The van der Waals surface area contributed by atoms with Gasteiger partial charge in [-0.25, -0.2) is 9.78 Å². The Balaban J connectivity index is 1.75. The van der Waals surface area contributed by atoms with Crippen LogP contribution in [0.1, 0.15) is 76.9 Å². The average molecular weight is 457 g/mol. The molecule has 1 aromatic carbocycles. The Morgan fingerprint density at radius 3 is 2.45 bits per heavy atom. The van der Waals surface area contributed by atoms with Crippen LogP contribution in [0.5, 0.6) is 0 Å². The summed E-state index contributed by atoms with van der Waals surface area (Å²) < 4.78 is 6.66. The van der Waals surface area contributed by atoms with Crippen molar-refractivity contribution in [1.82, 2.24) is 20.2 Å². The molecule has 2 aromatic rings. The predicted octanol–water partition coefficient (Wildman–Crippen LogP) is 2.95. The number of amides is 1. The molecule has 3 rings (SSSR count). The predicted molar refractivity (Wildman–Crippen MR) is 128 cm³/mol. The summed E-state index contributed by atoms with van der Waals surface area (Å²) in [5.41, 5.74) is 1.58. The van der Waals surface area contributed by atoms with Crippen molar-refractivity contribution in [1.29, 1.82) is 0 Å². The van der Waals surface area contributed by atoms with E-state index in [1.807, 2.05) is 6.92 Å². The van der Waals surface area contributed by atoms with E-state index in [1.165, 1.54) is 0 Å². The first-order valence-corrected chi connectivity index (χ1v) is 11.7. The maximum Gasteiger partial charge on any atom is 0.338 e. The van der Waals surface area contributed by atoms with Gasteiger partial charge in [0.15, 0.2) is 0 Å². The lowest BCUT2D eigenvalue weighted by molar-refractivity contribution is -0.122. The normalized spacial score (nSPS) is 17.6. The van der Waals surface area contributed by atoms with Crippen LogP contribution in [0.15, 0.2) is 23.0 Å². The first-order valence-electron chi connectivity index (χ1n) is 11.7. The monoisotopic (exact) mass is 456 g/mol. The van der Waals surface area contributed by atoms with Crippen LogP contribution in [0.2, 0.25) is 0 Å². The van der Waals surface area contributed by atoms with Crippen molar-refractivity contribution in [2.45, 2.75) is 90.9 Å². The highest BCUT2D eigenvalue weighted by Gasteiger charge is 2.38. The number of carbonyl (C=O) groups excluding carboxylic acids is 2. The number of hydrogen-bond donors (Lipinski definition) is 2. The zero-order valence-electron chi connectivity index (χ0n) is 20.6. The van der Waals surface area contributed by atoms with Crippen LogP contribution in [0.4, 0.5) is 0 Å². The van der Waals surface area contributed by atoms with Gasteiger partial charge in [-0.05, 0) is 72.6 Å². The van der Waals surface area contributed by atoms with Crippen LogP contribution < -0.4 is 16.2 Å². The molecule has 8 heteroatoms. The van der Waals surface area contributed by atoms with Crippen molar-refractivity contribution >= 4 is 22.9 Å². The van der Waals surface area contributed by atoms with E-state index in [-0.39, 0.29) is 48.0 Å². The SMILES string of the molecule is CCOC(=O)c1ccc2nc(CCC(=O)NC3CC(C)(C)NC(C)(C)C3)c(=O)n(CC)c2c1. The Bertz CT molecular complexity index is 1090. The topological polar surface area (TPSA) is 102 Å². The molecule has 2 heterocycles. The number of fused-ring (bicyclic) bond motifs is 1. The minimum Gasteiger partial charge on any atom is -0.462 e. The van der Waals surface area contributed by atoms with Gasteiger partial charge in [0.25, 0.3) is 5.56 Å². The highest BCUT2D eigenvalue weighted by Crippen LogP contribution is 2.28. The molecule has 0 bridgehead atoms. The van der Waals surface area contributed by atoms with E-state index in [1.54, 1.807) is 29.7 Å². The molecule has 33 heavy (non-hydrogen) atoms. The van der Waals surface area contributed by atoms with Gasteiger partial charge in [0.1, 0.15) is 5.69 Å². The van der Waals surface area contributed by atoms with Crippen LogP contribution in [0.3, 0.4) is 0 Å². The molecule has 0 unspecified atom stereocenters. The summed E-state index contributed by atoms with van der Waals surface area (Å²) in [5.74, 6) is -0.505. The molecule has 0 saturated carbocycles. The molecule has 180 valence electrons. The number of rotatable bonds is 7. The summed E-state index contributed by atoms with van der Waals surface area (Å²) in [6, 6.07) is 5.09. The van der Waals surface area contributed by atoms with Crippen molar-refractivity contribution in [3.63, 3.8) is 0 Å². The van der Waals surface area contributed by atoms with E-state index >= 15 is 0 Å². The third-order valence-electron chi connectivity index (χ3n) is 5.99. The van der Waals surface area contributed by atoms with Crippen molar-refractivity contribution < 1.29 is 14.3 Å². The van der Waals surface area contributed by atoms with Crippen molar-refractivity contribution in [3.8, 4) is 0 Å². The van der Waals surface area contributed by atoms with Gasteiger partial charge in [-0.3, -0.25) is 9.59 Å². The van der Waals surface area contributed by atoms with Crippen LogP contribution in [0.25, 0.3) is 11.0 Å². The molecule has 8 nitrogen and oxygen atoms in total. The van der Waals surface area contributed by atoms with Crippen LogP contribution in [0, 0.1) is 0 Å². The second-order valence-electron chi connectivity index (χ2n) is 10.1. The van der Waals surface area contributed by atoms with E-state index in [0.717, 1.165) is 12.8 Å². The lowest BCUT2D eigenvalue weighted by atomic mass is 9.79. The fourth-order valence-electron chi connectivity index (χ4n) is 5.07. The zero-order valence-corrected chi connectivity index (χ0v) is 20.6. The van der Waals surface area contributed by atoms with Gasteiger partial charge in [-0.2, -0.15) is 0 Å². The average Bonchev–Trinajstić information content (AvgIpc) is 2.69. The Morgan fingerprint density at radius 1 is 1.18 bits per heavy atom. The van der Waals surface area contributed by atoms with E-state index in [4.69, 9.17) is 4.74 Å². The molecule has 0 spiro atoms. The van der Waals surface area contributed by atoms with E-state index in [0.29, 0.717) is 28.8 Å². The van der Waals surface area contributed by atoms with Gasteiger partial charge >= 0.3 is 5.97 Å². The van der Waals surface area contributed by atoms with Gasteiger partial charge in [0, 0.05) is 36.5 Å². The fourth-order valence-corrected chi connectivity index (χ4v) is 5.07. The quantitative estimate of drug-likeness (QED) is 0.621. The molecular formula is C25H36N4O4. The third-order valence-corrected chi connectivity index (χ3v) is 5.99. The lowest BCUT2D eigenvalue weighted by Crippen LogP contribution is -2.62. The third kappa shape index (κ3) is 5.99. The molecule has 1 aromatic heterocycles. The number of piperidine rings is 1. The number of esters is 1. The highest BCUT2D eigenvalue weighted by molar-refractivity contribution is 5.93. The highest BCUT2D eigenvalue weighted by atomic mass is 16.5. The molecule has 1 aliphatic heterocycles. The number of carbonyl (C=O) groups is 2. The zero-order chi connectivity index (χ0) is 24.4. The maximum absolute atomic E-state index is 13.0. The Hall–Kier alpha value is -2.74. The maximum atomic E-state index is 13.0. The molecule has 1 saturated heterocycles. The van der Waals surface area contributed by atoms with E-state index < -0.39 is 5.97 Å². The Kier molecular flexibility index (Phi) is 7.26. The summed E-state index contributed by atoms with van der Waals surface area (Å²) in [7, 11) is 0. The first kappa shape index (κ1) is 24.9. The smallest absolute Gasteiger partial charge is 0.338 e. The molecule has 0 atom stereocenters. The van der Waals surface area contributed by atoms with Gasteiger partial charge < -0.3 is 19.9 Å². The number of aromatic nitrogens is 2. The second kappa shape index (κ2) is 9.63. The standard InChI is InChI=1S/C25H36N4O4/c1-7-29-20-13-16(23(32)33-8-2)9-10-18(20)27-19(22(29)31)11-12-21(30)26-17-14-24(3,4)28-25(5,6)15-17/h9-10,13,17,28H,7-8,11-12,14-15H2,1-6H3,(H,26,30). The number of hydrogen-bond acceptors (Lipinski definition) is 6. The van der Waals surface area contributed by atoms with Crippen LogP contribution in [-0.4, -0.2) is 45.2 Å². The minimum absolute atomic E-state index is 0.0587. The molecular weight excluding hydrogens is 420 g/mol. The van der Waals surface area contributed by atoms with Gasteiger partial charge in [-0.15, -0.1) is 0 Å². The molecule has 1 aliphatic rings. The number of aryl methyl sites for hydroxylation is 2. The Labute approximate surface area is 195 Å². The number of nitrogens with zero attached hydrogens (tertiary/aromatic N) is 2. The van der Waals surface area contributed by atoms with Crippen LogP contribution >= 0.6 is 0 Å². The molecule has 0 aliphatic carbocycles. The van der Waals surface area contributed by atoms with Gasteiger partial charge in [0.2, 0.25) is 5.91 Å². The summed E-state index contributed by atoms with van der Waals surface area (Å²) in [4.78, 5) is 42.3. The number of ether oxygens (including phenoxy) is 1. The summed E-state index contributed by atoms with van der Waals surface area (Å²) >= 11 is 0. The Morgan fingerprint density at radius 2 is 1.85 bits per heavy atom. The van der Waals surface area contributed by atoms with Gasteiger partial charge in [-0.1, -0.05) is 0 Å². The van der Waals surface area contributed by atoms with Crippen molar-refractivity contribution in [2.24, 2.45) is 0 Å². The van der Waals surface area contributed by atoms with Crippen molar-refractivity contribution in [2.75, 3.05) is 6.61 Å². The molecule has 2 N–H and O–H groups in total. The second-order valence-corrected chi connectivity index (χ2v) is 10.1. The van der Waals surface area contributed by atoms with Gasteiger partial charge in [0.05, 0.1) is 23.2 Å². The largest absolute Gasteiger partial charge is 0.462 e. The van der Waals surface area contributed by atoms with Crippen molar-refractivity contribution in [3.05, 3.63) is 39.8 Å². The minimum atomic E-state index is -0.431. The molecule has 0 radical (unpaired) electrons.